The van der Waals surface area contributed by atoms with E-state index in [0.29, 0.717) is 50.8 Å². The Hall–Kier alpha value is -3.07. The molecule has 0 aliphatic heterocycles. The second-order valence-electron chi connectivity index (χ2n) is 9.91. The van der Waals surface area contributed by atoms with Crippen LogP contribution in [0.4, 0.5) is 4.79 Å². The lowest BCUT2D eigenvalue weighted by Crippen LogP contribution is -2.47. The van der Waals surface area contributed by atoms with E-state index in [1.54, 1.807) is 27.8 Å². The van der Waals surface area contributed by atoms with Gasteiger partial charge in [-0.05, 0) is 38.8 Å². The fraction of sp³-hybridized carbons (Fsp3) is 0.600. The number of nitrogens with two attached hydrogens (primary N) is 1. The first-order chi connectivity index (χ1) is 18.1. The fourth-order valence-electron chi connectivity index (χ4n) is 3.19. The van der Waals surface area contributed by atoms with E-state index in [0.717, 1.165) is 0 Å². The predicted molar refractivity (Wildman–Crippen MR) is 147 cm³/mol. The van der Waals surface area contributed by atoms with Gasteiger partial charge < -0.3 is 24.8 Å². The van der Waals surface area contributed by atoms with E-state index in [4.69, 9.17) is 19.3 Å². The van der Waals surface area contributed by atoms with Crippen molar-refractivity contribution < 1.29 is 32.2 Å². The molecule has 0 bridgehead atoms. The molecule has 0 fully saturated rings. The van der Waals surface area contributed by atoms with Gasteiger partial charge >= 0.3 is 6.09 Å². The van der Waals surface area contributed by atoms with Crippen molar-refractivity contribution >= 4 is 27.7 Å². The van der Waals surface area contributed by atoms with Gasteiger partial charge in [0.25, 0.3) is 0 Å². The van der Waals surface area contributed by atoms with E-state index >= 15 is 0 Å². The number of rotatable bonds is 16. The Morgan fingerprint density at radius 1 is 1.03 bits per heavy atom. The standard InChI is InChI=1S/C25H42N6O7S/c1-18(2)22(31(7)30-29-19(3)20-8-10-21(11-9-20)39(26,34)35)23(32)27-12-14-36-16-17-37-15-13-28-24(33)38-25(4,5)6/h8-11,18,22H,3,12-17H2,1-2,4-7H3,(H,27,32)(H,28,33)(H2,26,34,35)/b30-29-/t22-/m0/s1. The van der Waals surface area contributed by atoms with Crippen LogP contribution in [0.15, 0.2) is 46.1 Å². The van der Waals surface area contributed by atoms with Crippen LogP contribution in [0.25, 0.3) is 5.70 Å². The van der Waals surface area contributed by atoms with Crippen LogP contribution in [0.2, 0.25) is 0 Å². The van der Waals surface area contributed by atoms with Gasteiger partial charge in [-0.3, -0.25) is 9.80 Å². The van der Waals surface area contributed by atoms with Crippen LogP contribution in [0.5, 0.6) is 0 Å². The second-order valence-corrected chi connectivity index (χ2v) is 11.5. The average Bonchev–Trinajstić information content (AvgIpc) is 2.82. The number of nitrogens with one attached hydrogen (secondary N) is 2. The number of primary sulfonamides is 1. The van der Waals surface area contributed by atoms with E-state index < -0.39 is 27.8 Å². The summed E-state index contributed by atoms with van der Waals surface area (Å²) in [6, 6.07) is 5.18. The number of hydrogen-bond acceptors (Lipinski definition) is 9. The molecule has 39 heavy (non-hydrogen) atoms. The summed E-state index contributed by atoms with van der Waals surface area (Å²) in [7, 11) is -2.16. The first kappa shape index (κ1) is 34.0. The third kappa shape index (κ3) is 14.0. The fourth-order valence-corrected chi connectivity index (χ4v) is 3.71. The van der Waals surface area contributed by atoms with Crippen molar-refractivity contribution in [2.24, 2.45) is 21.4 Å². The maximum atomic E-state index is 12.8. The SMILES string of the molecule is C=C(/N=N\N(C)[C@H](C(=O)NCCOCCOCCNC(=O)OC(C)(C)C)C(C)C)c1ccc(S(N)(=O)=O)cc1. The molecule has 0 aliphatic carbocycles. The summed E-state index contributed by atoms with van der Waals surface area (Å²) in [5.74, 6) is -0.303. The molecule has 0 unspecified atom stereocenters. The number of likely N-dealkylation sites (N-methyl/N-ethyl adjacent to an activating group) is 1. The minimum absolute atomic E-state index is 0.0197. The second kappa shape index (κ2) is 16.1. The number of carbonyl (C=O) groups is 2. The zero-order valence-corrected chi connectivity index (χ0v) is 24.4. The van der Waals surface area contributed by atoms with Crippen LogP contribution in [-0.2, 0) is 29.0 Å². The number of ether oxygens (including phenoxy) is 3. The van der Waals surface area contributed by atoms with Gasteiger partial charge in [-0.1, -0.05) is 37.8 Å². The molecule has 2 amide bonds. The van der Waals surface area contributed by atoms with Crippen LogP contribution in [-0.4, -0.2) is 83.6 Å². The highest BCUT2D eigenvalue weighted by Crippen LogP contribution is 2.18. The van der Waals surface area contributed by atoms with Crippen LogP contribution in [0.3, 0.4) is 0 Å². The van der Waals surface area contributed by atoms with Crippen molar-refractivity contribution in [2.75, 3.05) is 46.6 Å². The molecule has 1 aromatic carbocycles. The molecule has 14 heteroatoms. The van der Waals surface area contributed by atoms with Crippen molar-refractivity contribution in [1.82, 2.24) is 15.6 Å². The summed E-state index contributed by atoms with van der Waals surface area (Å²) >= 11 is 0. The Balaban J connectivity index is 2.36. The maximum absolute atomic E-state index is 12.8. The smallest absolute Gasteiger partial charge is 0.407 e. The van der Waals surface area contributed by atoms with Gasteiger partial charge in [-0.15, -0.1) is 5.11 Å². The van der Waals surface area contributed by atoms with E-state index in [2.05, 4.69) is 27.6 Å². The summed E-state index contributed by atoms with van der Waals surface area (Å²) in [5.41, 5.74) is 0.305. The van der Waals surface area contributed by atoms with Crippen LogP contribution < -0.4 is 15.8 Å². The zero-order valence-electron chi connectivity index (χ0n) is 23.6. The quantitative estimate of drug-likeness (QED) is 0.154. The van der Waals surface area contributed by atoms with Crippen molar-refractivity contribution in [3.05, 3.63) is 36.4 Å². The Bertz CT molecular complexity index is 1070. The molecule has 13 nitrogen and oxygen atoms in total. The molecule has 1 aromatic rings. The van der Waals surface area contributed by atoms with Gasteiger partial charge in [-0.25, -0.2) is 18.4 Å². The van der Waals surface area contributed by atoms with Gasteiger partial charge in [0, 0.05) is 25.7 Å². The number of alkyl carbamates (subject to hydrolysis) is 1. The molecule has 0 heterocycles. The molecule has 0 spiro atoms. The molecule has 0 aromatic heterocycles. The molecule has 0 saturated carbocycles. The predicted octanol–water partition coefficient (Wildman–Crippen LogP) is 2.30. The Labute approximate surface area is 231 Å². The highest BCUT2D eigenvalue weighted by Gasteiger charge is 2.26. The lowest BCUT2D eigenvalue weighted by Gasteiger charge is -2.26. The number of benzene rings is 1. The van der Waals surface area contributed by atoms with Gasteiger partial charge in [0.05, 0.1) is 37.0 Å². The van der Waals surface area contributed by atoms with E-state index in [9.17, 15) is 18.0 Å². The third-order valence-corrected chi connectivity index (χ3v) is 5.89. The van der Waals surface area contributed by atoms with Crippen molar-refractivity contribution in [1.29, 1.82) is 0 Å². The molecule has 0 aliphatic rings. The molecule has 4 N–H and O–H groups in total. The largest absolute Gasteiger partial charge is 0.444 e. The van der Waals surface area contributed by atoms with Crippen molar-refractivity contribution in [3.63, 3.8) is 0 Å². The lowest BCUT2D eigenvalue weighted by atomic mass is 10.0. The lowest BCUT2D eigenvalue weighted by molar-refractivity contribution is -0.127. The van der Waals surface area contributed by atoms with Crippen molar-refractivity contribution in [3.8, 4) is 0 Å². The number of carbonyl (C=O) groups excluding carboxylic acids is 2. The van der Waals surface area contributed by atoms with Crippen LogP contribution in [0, 0.1) is 5.92 Å². The number of hydrogen-bond donors (Lipinski definition) is 3. The summed E-state index contributed by atoms with van der Waals surface area (Å²) in [4.78, 5) is 24.3. The normalized spacial score (nSPS) is 12.8. The maximum Gasteiger partial charge on any atom is 0.407 e. The van der Waals surface area contributed by atoms with Crippen molar-refractivity contribution in [2.45, 2.75) is 51.2 Å². The zero-order chi connectivity index (χ0) is 29.6. The highest BCUT2D eigenvalue weighted by molar-refractivity contribution is 7.89. The molecular formula is C25H42N6O7S. The van der Waals surface area contributed by atoms with Gasteiger partial charge in [0.2, 0.25) is 15.9 Å². The monoisotopic (exact) mass is 570 g/mol. The first-order valence-corrected chi connectivity index (χ1v) is 14.0. The third-order valence-electron chi connectivity index (χ3n) is 4.96. The van der Waals surface area contributed by atoms with Gasteiger partial charge in [-0.2, -0.15) is 0 Å². The summed E-state index contributed by atoms with van der Waals surface area (Å²) in [6.45, 7) is 14.9. The summed E-state index contributed by atoms with van der Waals surface area (Å²) < 4.78 is 38.8. The van der Waals surface area contributed by atoms with E-state index in [1.165, 1.54) is 29.3 Å². The molecule has 1 atom stereocenters. The average molecular weight is 571 g/mol. The summed E-state index contributed by atoms with van der Waals surface area (Å²) in [6.07, 6.45) is -0.494. The number of nitrogens with zero attached hydrogens (tertiary/aromatic N) is 3. The Kier molecular flexibility index (Phi) is 14.0. The van der Waals surface area contributed by atoms with E-state index in [-0.39, 0.29) is 16.7 Å². The topological polar surface area (TPSA) is 174 Å². The molecule has 0 saturated heterocycles. The van der Waals surface area contributed by atoms with Gasteiger partial charge in [0.15, 0.2) is 0 Å². The highest BCUT2D eigenvalue weighted by atomic mass is 32.2. The minimum Gasteiger partial charge on any atom is -0.444 e. The van der Waals surface area contributed by atoms with Crippen LogP contribution in [0.1, 0.15) is 40.2 Å². The first-order valence-electron chi connectivity index (χ1n) is 12.5. The minimum atomic E-state index is -3.79. The molecule has 0 radical (unpaired) electrons. The van der Waals surface area contributed by atoms with E-state index in [1.807, 2.05) is 13.8 Å². The van der Waals surface area contributed by atoms with Gasteiger partial charge in [0.1, 0.15) is 11.6 Å². The summed E-state index contributed by atoms with van der Waals surface area (Å²) in [5, 5.41) is 20.2. The number of sulfonamides is 1. The molecular weight excluding hydrogens is 528 g/mol. The Morgan fingerprint density at radius 3 is 2.05 bits per heavy atom. The Morgan fingerprint density at radius 2 is 1.56 bits per heavy atom. The van der Waals surface area contributed by atoms with Crippen LogP contribution >= 0.6 is 0 Å². The molecule has 220 valence electrons. The number of amides is 2. The molecule has 1 rings (SSSR count).